The van der Waals surface area contributed by atoms with Crippen LogP contribution >= 0.6 is 23.5 Å². The SMILES string of the molecule is c1cc2cc(c1)CSC[C@H]1CCC[C@H](CSC2)C1. The van der Waals surface area contributed by atoms with E-state index in [1.54, 1.807) is 0 Å². The summed E-state index contributed by atoms with van der Waals surface area (Å²) in [6, 6.07) is 9.23. The van der Waals surface area contributed by atoms with E-state index in [1.807, 2.05) is 0 Å². The van der Waals surface area contributed by atoms with Crippen molar-refractivity contribution in [2.24, 2.45) is 11.8 Å². The zero-order valence-electron chi connectivity index (χ0n) is 10.9. The van der Waals surface area contributed by atoms with Gasteiger partial charge in [0.2, 0.25) is 0 Å². The lowest BCUT2D eigenvalue weighted by atomic mass is 9.83. The number of fused-ring (bicyclic) bond motifs is 4. The molecule has 1 aromatic carbocycles. The third kappa shape index (κ3) is 3.48. The molecule has 1 aliphatic heterocycles. The Morgan fingerprint density at radius 3 is 2.11 bits per heavy atom. The third-order valence-corrected chi connectivity index (χ3v) is 6.62. The summed E-state index contributed by atoms with van der Waals surface area (Å²) in [4.78, 5) is 0. The average molecular weight is 278 g/mol. The molecule has 0 nitrogen and oxygen atoms in total. The van der Waals surface area contributed by atoms with Gasteiger partial charge in [0, 0.05) is 11.5 Å². The van der Waals surface area contributed by atoms with Gasteiger partial charge in [-0.1, -0.05) is 30.7 Å². The summed E-state index contributed by atoms with van der Waals surface area (Å²) in [6.45, 7) is 0. The molecular formula is C16H22S2. The van der Waals surface area contributed by atoms with Crippen molar-refractivity contribution in [2.75, 3.05) is 11.5 Å². The molecule has 0 saturated heterocycles. The number of thioether (sulfide) groups is 2. The minimum Gasteiger partial charge on any atom is -0.157 e. The Labute approximate surface area is 119 Å². The Bertz CT molecular complexity index is 357. The summed E-state index contributed by atoms with van der Waals surface area (Å²) in [6.07, 6.45) is 5.93. The highest BCUT2D eigenvalue weighted by atomic mass is 32.2. The van der Waals surface area contributed by atoms with E-state index in [0.717, 1.165) is 11.8 Å². The summed E-state index contributed by atoms with van der Waals surface area (Å²) in [7, 11) is 0. The van der Waals surface area contributed by atoms with Gasteiger partial charge in [-0.3, -0.25) is 0 Å². The summed E-state index contributed by atoms with van der Waals surface area (Å²) in [5.74, 6) is 7.17. The van der Waals surface area contributed by atoms with Crippen LogP contribution in [0.25, 0.3) is 0 Å². The molecule has 98 valence electrons. The zero-order chi connectivity index (χ0) is 12.2. The van der Waals surface area contributed by atoms with E-state index < -0.39 is 0 Å². The average Bonchev–Trinajstić information content (AvgIpc) is 2.39. The maximum atomic E-state index is 2.41. The Morgan fingerprint density at radius 2 is 1.50 bits per heavy atom. The van der Waals surface area contributed by atoms with Crippen molar-refractivity contribution in [2.45, 2.75) is 37.2 Å². The Balaban J connectivity index is 1.71. The monoisotopic (exact) mass is 278 g/mol. The van der Waals surface area contributed by atoms with Crippen LogP contribution in [0.1, 0.15) is 36.8 Å². The maximum Gasteiger partial charge on any atom is 0.0184 e. The van der Waals surface area contributed by atoms with Crippen molar-refractivity contribution in [1.29, 1.82) is 0 Å². The van der Waals surface area contributed by atoms with Crippen molar-refractivity contribution >= 4 is 23.5 Å². The molecule has 2 heteroatoms. The fourth-order valence-corrected chi connectivity index (χ4v) is 5.54. The molecular weight excluding hydrogens is 256 g/mol. The number of hydrogen-bond acceptors (Lipinski definition) is 2. The summed E-state index contributed by atoms with van der Waals surface area (Å²) in [5, 5.41) is 0. The van der Waals surface area contributed by atoms with Gasteiger partial charge in [0.15, 0.2) is 0 Å². The topological polar surface area (TPSA) is 0 Å². The predicted octanol–water partition coefficient (Wildman–Crippen LogP) is 4.97. The van der Waals surface area contributed by atoms with Crippen molar-refractivity contribution in [3.05, 3.63) is 35.4 Å². The number of hydrogen-bond donors (Lipinski definition) is 0. The molecule has 3 rings (SSSR count). The van der Waals surface area contributed by atoms with Crippen LogP contribution in [0.2, 0.25) is 0 Å². The smallest absolute Gasteiger partial charge is 0.0184 e. The van der Waals surface area contributed by atoms with E-state index in [2.05, 4.69) is 47.8 Å². The van der Waals surface area contributed by atoms with Crippen LogP contribution in [-0.4, -0.2) is 11.5 Å². The standard InChI is InChI=1S/C16H22S2/c1-3-13-7-14(4-1)10-18-12-16-6-2-5-15(8-16)11-17-9-13/h1,3-4,7,15-16H,2,5-6,8-12H2/t15-,16-/m0/s1. The van der Waals surface area contributed by atoms with Crippen LogP contribution in [0.3, 0.4) is 0 Å². The van der Waals surface area contributed by atoms with Gasteiger partial charge in [0.05, 0.1) is 0 Å². The molecule has 1 aliphatic carbocycles. The molecule has 0 aromatic heterocycles. The third-order valence-electron chi connectivity index (χ3n) is 4.13. The fraction of sp³-hybridized carbons (Fsp3) is 0.625. The van der Waals surface area contributed by atoms with Gasteiger partial charge >= 0.3 is 0 Å². The molecule has 1 aromatic rings. The van der Waals surface area contributed by atoms with Crippen LogP contribution in [0.15, 0.2) is 24.3 Å². The second-order valence-electron chi connectivity index (χ2n) is 5.75. The van der Waals surface area contributed by atoms with Crippen LogP contribution in [-0.2, 0) is 11.5 Å². The summed E-state index contributed by atoms with van der Waals surface area (Å²) < 4.78 is 0. The molecule has 0 unspecified atom stereocenters. The van der Waals surface area contributed by atoms with Gasteiger partial charge < -0.3 is 0 Å². The largest absolute Gasteiger partial charge is 0.157 e. The fourth-order valence-electron chi connectivity index (χ4n) is 3.20. The highest BCUT2D eigenvalue weighted by molar-refractivity contribution is 7.98. The molecule has 2 atom stereocenters. The van der Waals surface area contributed by atoms with E-state index in [-0.39, 0.29) is 0 Å². The normalized spacial score (nSPS) is 29.1. The molecule has 1 fully saturated rings. The molecule has 4 bridgehead atoms. The molecule has 0 amide bonds. The molecule has 0 N–H and O–H groups in total. The quantitative estimate of drug-likeness (QED) is 0.657. The van der Waals surface area contributed by atoms with Gasteiger partial charge in [0.25, 0.3) is 0 Å². The van der Waals surface area contributed by atoms with E-state index in [4.69, 9.17) is 0 Å². The molecule has 0 spiro atoms. The van der Waals surface area contributed by atoms with Crippen LogP contribution in [0.5, 0.6) is 0 Å². The van der Waals surface area contributed by atoms with Gasteiger partial charge in [-0.05, 0) is 53.7 Å². The van der Waals surface area contributed by atoms with E-state index in [1.165, 1.54) is 59.8 Å². The van der Waals surface area contributed by atoms with Gasteiger partial charge in [-0.15, -0.1) is 0 Å². The first kappa shape index (κ1) is 12.9. The Hall–Kier alpha value is -0.0800. The van der Waals surface area contributed by atoms with Gasteiger partial charge in [0.1, 0.15) is 0 Å². The van der Waals surface area contributed by atoms with E-state index in [9.17, 15) is 0 Å². The first-order valence-corrected chi connectivity index (χ1v) is 9.44. The summed E-state index contributed by atoms with van der Waals surface area (Å²) in [5.41, 5.74) is 3.04. The van der Waals surface area contributed by atoms with Crippen LogP contribution in [0, 0.1) is 11.8 Å². The van der Waals surface area contributed by atoms with Crippen molar-refractivity contribution in [3.63, 3.8) is 0 Å². The van der Waals surface area contributed by atoms with Crippen LogP contribution < -0.4 is 0 Å². The van der Waals surface area contributed by atoms with Crippen LogP contribution in [0.4, 0.5) is 0 Å². The molecule has 1 saturated carbocycles. The Morgan fingerprint density at radius 1 is 0.889 bits per heavy atom. The molecule has 1 heterocycles. The predicted molar refractivity (Wildman–Crippen MR) is 84.2 cm³/mol. The second-order valence-corrected chi connectivity index (χ2v) is 7.81. The minimum atomic E-state index is 0.997. The second kappa shape index (κ2) is 6.38. The van der Waals surface area contributed by atoms with Crippen molar-refractivity contribution in [1.82, 2.24) is 0 Å². The maximum absolute atomic E-state index is 2.41. The number of benzene rings is 1. The first-order valence-electron chi connectivity index (χ1n) is 7.13. The van der Waals surface area contributed by atoms with Crippen molar-refractivity contribution < 1.29 is 0 Å². The van der Waals surface area contributed by atoms with E-state index >= 15 is 0 Å². The summed E-state index contributed by atoms with van der Waals surface area (Å²) >= 11 is 4.30. The highest BCUT2D eigenvalue weighted by Gasteiger charge is 2.22. The molecule has 18 heavy (non-hydrogen) atoms. The Kier molecular flexibility index (Phi) is 4.58. The highest BCUT2D eigenvalue weighted by Crippen LogP contribution is 2.35. The first-order chi connectivity index (χ1) is 8.90. The van der Waals surface area contributed by atoms with Crippen molar-refractivity contribution in [3.8, 4) is 0 Å². The lowest BCUT2D eigenvalue weighted by Gasteiger charge is -2.29. The zero-order valence-corrected chi connectivity index (χ0v) is 12.6. The minimum absolute atomic E-state index is 0.997. The lowest BCUT2D eigenvalue weighted by Crippen LogP contribution is -2.19. The van der Waals surface area contributed by atoms with Gasteiger partial charge in [-0.2, -0.15) is 23.5 Å². The van der Waals surface area contributed by atoms with E-state index in [0.29, 0.717) is 0 Å². The van der Waals surface area contributed by atoms with Gasteiger partial charge in [-0.25, -0.2) is 0 Å². The number of rotatable bonds is 0. The molecule has 0 radical (unpaired) electrons. The lowest BCUT2D eigenvalue weighted by molar-refractivity contribution is 0.309. The molecule has 2 aliphatic rings.